The number of hydrogen-bond donors (Lipinski definition) is 1. The van der Waals surface area contributed by atoms with E-state index in [4.69, 9.17) is 5.11 Å². The van der Waals surface area contributed by atoms with Crippen LogP contribution in [0.1, 0.15) is 4.88 Å². The molecule has 0 aliphatic rings. The third-order valence-corrected chi connectivity index (χ3v) is 5.90. The van der Waals surface area contributed by atoms with Gasteiger partial charge in [-0.1, -0.05) is 6.07 Å². The summed E-state index contributed by atoms with van der Waals surface area (Å²) in [5.74, 6) is -0.498. The third kappa shape index (κ3) is 2.78. The van der Waals surface area contributed by atoms with Crippen molar-refractivity contribution in [3.05, 3.63) is 47.1 Å². The fourth-order valence-corrected chi connectivity index (χ4v) is 4.10. The normalized spacial score (nSPS) is 11.5. The largest absolute Gasteiger partial charge is 0.391 e. The van der Waals surface area contributed by atoms with Gasteiger partial charge in [0.05, 0.1) is 12.3 Å². The molecule has 0 bridgehead atoms. The number of benzene rings is 1. The van der Waals surface area contributed by atoms with Crippen LogP contribution in [0.15, 0.2) is 40.6 Å². The lowest BCUT2D eigenvalue weighted by Gasteiger charge is -2.18. The lowest BCUT2D eigenvalue weighted by Crippen LogP contribution is -2.25. The summed E-state index contributed by atoms with van der Waals surface area (Å²) in [6.07, 6.45) is 0. The molecule has 0 fully saturated rings. The van der Waals surface area contributed by atoms with Crippen molar-refractivity contribution >= 4 is 27.0 Å². The summed E-state index contributed by atoms with van der Waals surface area (Å²) in [6.45, 7) is -0.204. The minimum Gasteiger partial charge on any atom is -0.391 e. The number of hydrogen-bond acceptors (Lipinski definition) is 4. The first-order valence-electron chi connectivity index (χ1n) is 5.39. The predicted molar refractivity (Wildman–Crippen MR) is 72.2 cm³/mol. The molecule has 0 aliphatic carbocycles. The minimum atomic E-state index is -3.72. The van der Waals surface area contributed by atoms with Crippen molar-refractivity contribution in [2.45, 2.75) is 10.8 Å². The molecule has 102 valence electrons. The van der Waals surface area contributed by atoms with Gasteiger partial charge >= 0.3 is 0 Å². The highest BCUT2D eigenvalue weighted by Gasteiger charge is 2.23. The number of nitrogens with zero attached hydrogens (tertiary/aromatic N) is 1. The van der Waals surface area contributed by atoms with Crippen LogP contribution in [0.25, 0.3) is 0 Å². The summed E-state index contributed by atoms with van der Waals surface area (Å²) in [4.78, 5) is 0.561. The number of anilines is 1. The zero-order chi connectivity index (χ0) is 14.0. The second kappa shape index (κ2) is 5.28. The van der Waals surface area contributed by atoms with Crippen LogP contribution in [0.5, 0.6) is 0 Å². The molecule has 2 aromatic rings. The van der Waals surface area contributed by atoms with Crippen LogP contribution in [-0.2, 0) is 16.6 Å². The van der Waals surface area contributed by atoms with Gasteiger partial charge in [0.25, 0.3) is 10.0 Å². The van der Waals surface area contributed by atoms with Gasteiger partial charge in [-0.3, -0.25) is 4.31 Å². The van der Waals surface area contributed by atoms with Gasteiger partial charge in [0.1, 0.15) is 10.0 Å². The van der Waals surface area contributed by atoms with Crippen molar-refractivity contribution in [1.82, 2.24) is 0 Å². The van der Waals surface area contributed by atoms with E-state index in [0.29, 0.717) is 4.88 Å². The summed E-state index contributed by atoms with van der Waals surface area (Å²) in [6, 6.07) is 8.35. The molecule has 1 heterocycles. The molecule has 2 rings (SSSR count). The van der Waals surface area contributed by atoms with Crippen molar-refractivity contribution in [2.24, 2.45) is 0 Å². The average Bonchev–Trinajstić information content (AvgIpc) is 2.87. The van der Waals surface area contributed by atoms with E-state index in [1.165, 1.54) is 31.3 Å². The lowest BCUT2D eigenvalue weighted by molar-refractivity contribution is 0.285. The van der Waals surface area contributed by atoms with Crippen LogP contribution in [0.2, 0.25) is 0 Å². The van der Waals surface area contributed by atoms with E-state index in [9.17, 15) is 12.8 Å². The first kappa shape index (κ1) is 14.0. The Hall–Kier alpha value is -1.44. The van der Waals surface area contributed by atoms with Crippen LogP contribution in [0.3, 0.4) is 0 Å². The van der Waals surface area contributed by atoms with Crippen LogP contribution in [-0.4, -0.2) is 20.6 Å². The van der Waals surface area contributed by atoms with Gasteiger partial charge in [-0.05, 0) is 30.3 Å². The molecule has 4 nitrogen and oxygen atoms in total. The Kier molecular flexibility index (Phi) is 3.88. The Labute approximate surface area is 114 Å². The molecule has 0 radical (unpaired) electrons. The van der Waals surface area contributed by atoms with E-state index in [0.717, 1.165) is 21.7 Å². The zero-order valence-electron chi connectivity index (χ0n) is 10.1. The summed E-state index contributed by atoms with van der Waals surface area (Å²) in [5, 5.41) is 8.96. The van der Waals surface area contributed by atoms with Crippen LogP contribution < -0.4 is 4.31 Å². The molecule has 0 atom stereocenters. The molecular weight excluding hydrogens is 289 g/mol. The Morgan fingerprint density at radius 1 is 1.32 bits per heavy atom. The van der Waals surface area contributed by atoms with Gasteiger partial charge in [0.15, 0.2) is 0 Å². The van der Waals surface area contributed by atoms with Gasteiger partial charge in [0, 0.05) is 11.9 Å². The highest BCUT2D eigenvalue weighted by molar-refractivity contribution is 7.94. The number of aliphatic hydroxyl groups is 1. The monoisotopic (exact) mass is 301 g/mol. The van der Waals surface area contributed by atoms with Crippen LogP contribution >= 0.6 is 11.3 Å². The lowest BCUT2D eigenvalue weighted by atomic mass is 10.3. The molecule has 0 spiro atoms. The number of halogens is 1. The number of thiophene rings is 1. The molecule has 0 unspecified atom stereocenters. The summed E-state index contributed by atoms with van der Waals surface area (Å²) >= 11 is 0.994. The van der Waals surface area contributed by atoms with E-state index in [-0.39, 0.29) is 16.5 Å². The zero-order valence-corrected chi connectivity index (χ0v) is 11.7. The SMILES string of the molecule is CN(c1cccc(F)c1)S(=O)(=O)c1ccc(CO)s1. The fraction of sp³-hybridized carbons (Fsp3) is 0.167. The molecule has 0 amide bonds. The third-order valence-electron chi connectivity index (χ3n) is 2.58. The van der Waals surface area contributed by atoms with Gasteiger partial charge in [-0.2, -0.15) is 0 Å². The predicted octanol–water partition coefficient (Wildman–Crippen LogP) is 2.20. The fourth-order valence-electron chi connectivity index (χ4n) is 1.53. The minimum absolute atomic E-state index is 0.114. The van der Waals surface area contributed by atoms with Crippen LogP contribution in [0.4, 0.5) is 10.1 Å². The van der Waals surface area contributed by atoms with Gasteiger partial charge in [-0.25, -0.2) is 12.8 Å². The van der Waals surface area contributed by atoms with E-state index < -0.39 is 15.8 Å². The van der Waals surface area contributed by atoms with Crippen LogP contribution in [0, 0.1) is 5.82 Å². The molecule has 0 saturated heterocycles. The molecular formula is C12H12FNO3S2. The van der Waals surface area contributed by atoms with Crippen molar-refractivity contribution in [2.75, 3.05) is 11.4 Å². The topological polar surface area (TPSA) is 57.6 Å². The maximum absolute atomic E-state index is 13.1. The quantitative estimate of drug-likeness (QED) is 0.942. The number of aliphatic hydroxyl groups excluding tert-OH is 1. The van der Waals surface area contributed by atoms with Crippen molar-refractivity contribution in [3.63, 3.8) is 0 Å². The highest BCUT2D eigenvalue weighted by atomic mass is 32.2. The molecule has 0 saturated carbocycles. The van der Waals surface area contributed by atoms with E-state index >= 15 is 0 Å². The Balaban J connectivity index is 2.39. The van der Waals surface area contributed by atoms with Crippen molar-refractivity contribution in [1.29, 1.82) is 0 Å². The molecule has 7 heteroatoms. The van der Waals surface area contributed by atoms with Crippen molar-refractivity contribution in [3.8, 4) is 0 Å². The van der Waals surface area contributed by atoms with Gasteiger partial charge < -0.3 is 5.11 Å². The Morgan fingerprint density at radius 3 is 2.63 bits per heavy atom. The second-order valence-corrected chi connectivity index (χ2v) is 7.20. The van der Waals surface area contributed by atoms with Gasteiger partial charge in [-0.15, -0.1) is 11.3 Å². The molecule has 0 aliphatic heterocycles. The first-order valence-corrected chi connectivity index (χ1v) is 7.65. The molecule has 1 aromatic heterocycles. The molecule has 19 heavy (non-hydrogen) atoms. The van der Waals surface area contributed by atoms with Crippen molar-refractivity contribution < 1.29 is 17.9 Å². The van der Waals surface area contributed by atoms with E-state index in [1.807, 2.05) is 0 Å². The highest BCUT2D eigenvalue weighted by Crippen LogP contribution is 2.27. The summed E-state index contributed by atoms with van der Waals surface area (Å²) in [5.41, 5.74) is 0.249. The first-order chi connectivity index (χ1) is 8.95. The van der Waals surface area contributed by atoms with E-state index in [1.54, 1.807) is 6.07 Å². The van der Waals surface area contributed by atoms with Gasteiger partial charge in [0.2, 0.25) is 0 Å². The molecule has 1 aromatic carbocycles. The number of sulfonamides is 1. The standard InChI is InChI=1S/C12H12FNO3S2/c1-14(10-4-2-3-9(13)7-10)19(16,17)12-6-5-11(8-15)18-12/h2-7,15H,8H2,1H3. The maximum Gasteiger partial charge on any atom is 0.273 e. The number of rotatable bonds is 4. The average molecular weight is 301 g/mol. The Morgan fingerprint density at radius 2 is 2.05 bits per heavy atom. The summed E-state index contributed by atoms with van der Waals surface area (Å²) in [7, 11) is -2.36. The second-order valence-electron chi connectivity index (χ2n) is 3.83. The summed E-state index contributed by atoms with van der Waals surface area (Å²) < 4.78 is 38.9. The molecule has 1 N–H and O–H groups in total. The smallest absolute Gasteiger partial charge is 0.273 e. The maximum atomic E-state index is 13.1. The Bertz CT molecular complexity index is 682. The van der Waals surface area contributed by atoms with E-state index in [2.05, 4.69) is 0 Å².